The van der Waals surface area contributed by atoms with Crippen molar-refractivity contribution in [1.82, 2.24) is 4.90 Å². The summed E-state index contributed by atoms with van der Waals surface area (Å²) in [6, 6.07) is 9.17. The molecule has 22 heavy (non-hydrogen) atoms. The molecule has 1 rings (SSSR count). The summed E-state index contributed by atoms with van der Waals surface area (Å²) in [6.45, 7) is 6.38. The van der Waals surface area contributed by atoms with Gasteiger partial charge in [-0.2, -0.15) is 0 Å². The lowest BCUT2D eigenvalue weighted by atomic mass is 10.00. The lowest BCUT2D eigenvalue weighted by Crippen LogP contribution is -2.50. The average Bonchev–Trinajstić information content (AvgIpc) is 2.47. The number of nitrogens with two attached hydrogens (primary N) is 1. The highest BCUT2D eigenvalue weighted by atomic mass is 16.2. The molecular formula is C18H28N2O2. The smallest absolute Gasteiger partial charge is 0.240 e. The summed E-state index contributed by atoms with van der Waals surface area (Å²) < 4.78 is 0. The maximum Gasteiger partial charge on any atom is 0.240 e. The standard InChI is InChI=1S/C18H28N2O2/c1-4-5-7-12-16(21)20(17(14(2)3)18(19)22)13-15-10-8-6-9-11-15/h6,8-11,14,17H,4-5,7,12-13H2,1-3H3,(H2,19,22)/t17-/m0/s1. The van der Waals surface area contributed by atoms with Crippen LogP contribution in [0, 0.1) is 5.92 Å². The molecule has 1 atom stereocenters. The van der Waals surface area contributed by atoms with Crippen molar-refractivity contribution in [2.45, 2.75) is 59.0 Å². The summed E-state index contributed by atoms with van der Waals surface area (Å²) >= 11 is 0. The van der Waals surface area contributed by atoms with Gasteiger partial charge in [-0.1, -0.05) is 63.9 Å². The van der Waals surface area contributed by atoms with Gasteiger partial charge in [0.2, 0.25) is 11.8 Å². The van der Waals surface area contributed by atoms with E-state index in [-0.39, 0.29) is 11.8 Å². The van der Waals surface area contributed by atoms with E-state index in [1.807, 2.05) is 44.2 Å². The number of nitrogens with zero attached hydrogens (tertiary/aromatic N) is 1. The van der Waals surface area contributed by atoms with E-state index in [1.54, 1.807) is 4.90 Å². The molecule has 0 saturated carbocycles. The van der Waals surface area contributed by atoms with Gasteiger partial charge in [-0.15, -0.1) is 0 Å². The topological polar surface area (TPSA) is 63.4 Å². The van der Waals surface area contributed by atoms with E-state index in [0.717, 1.165) is 24.8 Å². The van der Waals surface area contributed by atoms with Crippen molar-refractivity contribution in [3.05, 3.63) is 35.9 Å². The average molecular weight is 304 g/mol. The molecule has 0 aliphatic carbocycles. The molecule has 0 bridgehead atoms. The number of carbonyl (C=O) groups excluding carboxylic acids is 2. The van der Waals surface area contributed by atoms with Crippen molar-refractivity contribution in [1.29, 1.82) is 0 Å². The van der Waals surface area contributed by atoms with E-state index in [1.165, 1.54) is 0 Å². The Kier molecular flexibility index (Phi) is 7.64. The fraction of sp³-hybridized carbons (Fsp3) is 0.556. The zero-order valence-corrected chi connectivity index (χ0v) is 13.9. The van der Waals surface area contributed by atoms with Crippen LogP contribution < -0.4 is 5.73 Å². The fourth-order valence-electron chi connectivity index (χ4n) is 2.63. The van der Waals surface area contributed by atoms with E-state index in [4.69, 9.17) is 5.73 Å². The van der Waals surface area contributed by atoms with Gasteiger partial charge in [0.05, 0.1) is 0 Å². The molecule has 0 radical (unpaired) electrons. The molecule has 0 aromatic heterocycles. The monoisotopic (exact) mass is 304 g/mol. The molecule has 2 amide bonds. The highest BCUT2D eigenvalue weighted by molar-refractivity contribution is 5.86. The van der Waals surface area contributed by atoms with Crippen molar-refractivity contribution in [2.24, 2.45) is 11.7 Å². The van der Waals surface area contributed by atoms with Crippen LogP contribution in [0.5, 0.6) is 0 Å². The molecule has 0 spiro atoms. The molecule has 0 aliphatic rings. The second-order valence-corrected chi connectivity index (χ2v) is 6.06. The quantitative estimate of drug-likeness (QED) is 0.712. The molecule has 122 valence electrons. The number of unbranched alkanes of at least 4 members (excludes halogenated alkanes) is 2. The van der Waals surface area contributed by atoms with Crippen molar-refractivity contribution in [3.8, 4) is 0 Å². The number of carbonyl (C=O) groups is 2. The SMILES string of the molecule is CCCCCC(=O)N(Cc1ccccc1)[C@H](C(N)=O)C(C)C. The Balaban J connectivity index is 2.92. The first kappa shape index (κ1) is 18.2. The van der Waals surface area contributed by atoms with E-state index in [9.17, 15) is 9.59 Å². The predicted octanol–water partition coefficient (Wildman–Crippen LogP) is 3.11. The van der Waals surface area contributed by atoms with Crippen LogP contribution in [0.3, 0.4) is 0 Å². The molecule has 0 saturated heterocycles. The van der Waals surface area contributed by atoms with Crippen LogP contribution in [0.15, 0.2) is 30.3 Å². The first-order valence-corrected chi connectivity index (χ1v) is 8.10. The summed E-state index contributed by atoms with van der Waals surface area (Å²) in [6.07, 6.45) is 3.41. The molecule has 4 nitrogen and oxygen atoms in total. The summed E-state index contributed by atoms with van der Waals surface area (Å²) in [4.78, 5) is 26.1. The first-order valence-electron chi connectivity index (χ1n) is 8.10. The number of hydrogen-bond donors (Lipinski definition) is 1. The van der Waals surface area contributed by atoms with Crippen molar-refractivity contribution < 1.29 is 9.59 Å². The molecule has 1 aromatic carbocycles. The Hall–Kier alpha value is -1.84. The summed E-state index contributed by atoms with van der Waals surface area (Å²) in [7, 11) is 0. The molecule has 0 aliphatic heterocycles. The van der Waals surface area contributed by atoms with E-state index < -0.39 is 11.9 Å². The molecule has 2 N–H and O–H groups in total. The lowest BCUT2D eigenvalue weighted by Gasteiger charge is -2.32. The second kappa shape index (κ2) is 9.23. The first-order chi connectivity index (χ1) is 10.5. The lowest BCUT2D eigenvalue weighted by molar-refractivity contribution is -0.141. The Morgan fingerprint density at radius 1 is 1.14 bits per heavy atom. The van der Waals surface area contributed by atoms with Crippen LogP contribution >= 0.6 is 0 Å². The van der Waals surface area contributed by atoms with Gasteiger partial charge in [0.15, 0.2) is 0 Å². The van der Waals surface area contributed by atoms with Crippen molar-refractivity contribution in [3.63, 3.8) is 0 Å². The van der Waals surface area contributed by atoms with Crippen molar-refractivity contribution in [2.75, 3.05) is 0 Å². The number of rotatable bonds is 9. The number of benzene rings is 1. The van der Waals surface area contributed by atoms with Gasteiger partial charge in [-0.25, -0.2) is 0 Å². The Bertz CT molecular complexity index is 471. The predicted molar refractivity (Wildman–Crippen MR) is 89.0 cm³/mol. The molecule has 0 fully saturated rings. The van der Waals surface area contributed by atoms with Crippen LogP contribution in [0.2, 0.25) is 0 Å². The molecule has 0 unspecified atom stereocenters. The molecule has 4 heteroatoms. The number of primary amides is 1. The van der Waals surface area contributed by atoms with Gasteiger partial charge in [0, 0.05) is 13.0 Å². The zero-order valence-electron chi connectivity index (χ0n) is 13.9. The third-order valence-corrected chi connectivity index (χ3v) is 3.77. The Morgan fingerprint density at radius 3 is 2.27 bits per heavy atom. The Morgan fingerprint density at radius 2 is 1.77 bits per heavy atom. The molecular weight excluding hydrogens is 276 g/mol. The second-order valence-electron chi connectivity index (χ2n) is 6.06. The summed E-state index contributed by atoms with van der Waals surface area (Å²) in [5, 5.41) is 0. The Labute approximate surface area is 133 Å². The zero-order chi connectivity index (χ0) is 16.5. The third kappa shape index (κ3) is 5.51. The van der Waals surface area contributed by atoms with Crippen molar-refractivity contribution >= 4 is 11.8 Å². The van der Waals surface area contributed by atoms with Gasteiger partial charge < -0.3 is 10.6 Å². The van der Waals surface area contributed by atoms with Crippen LogP contribution in [-0.2, 0) is 16.1 Å². The fourth-order valence-corrected chi connectivity index (χ4v) is 2.63. The van der Waals surface area contributed by atoms with Gasteiger partial charge in [0.1, 0.15) is 6.04 Å². The van der Waals surface area contributed by atoms with Gasteiger partial charge in [0.25, 0.3) is 0 Å². The third-order valence-electron chi connectivity index (χ3n) is 3.77. The van der Waals surface area contributed by atoms with E-state index in [2.05, 4.69) is 6.92 Å². The van der Waals surface area contributed by atoms with Crippen LogP contribution in [0.4, 0.5) is 0 Å². The maximum atomic E-state index is 12.6. The molecule has 0 heterocycles. The largest absolute Gasteiger partial charge is 0.368 e. The van der Waals surface area contributed by atoms with Crippen LogP contribution in [0.25, 0.3) is 0 Å². The summed E-state index contributed by atoms with van der Waals surface area (Å²) in [5.41, 5.74) is 6.56. The van der Waals surface area contributed by atoms with Crippen LogP contribution in [-0.4, -0.2) is 22.8 Å². The minimum absolute atomic E-state index is 0.00339. The van der Waals surface area contributed by atoms with Gasteiger partial charge in [-0.3, -0.25) is 9.59 Å². The van der Waals surface area contributed by atoms with Crippen LogP contribution in [0.1, 0.15) is 52.0 Å². The highest BCUT2D eigenvalue weighted by Gasteiger charge is 2.30. The minimum Gasteiger partial charge on any atom is -0.368 e. The van der Waals surface area contributed by atoms with Gasteiger partial charge >= 0.3 is 0 Å². The minimum atomic E-state index is -0.561. The highest BCUT2D eigenvalue weighted by Crippen LogP contribution is 2.17. The maximum absolute atomic E-state index is 12.6. The summed E-state index contributed by atoms with van der Waals surface area (Å²) in [5.74, 6) is -0.430. The van der Waals surface area contributed by atoms with Gasteiger partial charge in [-0.05, 0) is 17.9 Å². The van der Waals surface area contributed by atoms with E-state index >= 15 is 0 Å². The van der Waals surface area contributed by atoms with E-state index in [0.29, 0.717) is 13.0 Å². The number of hydrogen-bond acceptors (Lipinski definition) is 2. The number of amides is 2. The normalized spacial score (nSPS) is 12.2. The molecule has 1 aromatic rings.